The molecule has 5 rings (SSSR count). The summed E-state index contributed by atoms with van der Waals surface area (Å²) in [6, 6.07) is 10.8. The van der Waals surface area contributed by atoms with Gasteiger partial charge in [0.1, 0.15) is 35.3 Å². The SMILES string of the molecule is Cc1cc2c(nc(CO)n2C)c(Cl)c1-c1cccn2c(C(=O)c3cc(F)c(N)c(F)c3)ccc12. The number of aryl methyl sites for hydroxylation is 2. The molecule has 0 aliphatic heterocycles. The molecule has 0 amide bonds. The zero-order valence-electron chi connectivity index (χ0n) is 18.2. The van der Waals surface area contributed by atoms with Gasteiger partial charge >= 0.3 is 0 Å². The number of carbonyl (C=O) groups excluding carboxylic acids is 1. The molecule has 3 heterocycles. The van der Waals surface area contributed by atoms with Gasteiger partial charge in [-0.05, 0) is 48.9 Å². The smallest absolute Gasteiger partial charge is 0.209 e. The Kier molecular flexibility index (Phi) is 5.15. The van der Waals surface area contributed by atoms with E-state index in [1.165, 1.54) is 0 Å². The zero-order chi connectivity index (χ0) is 24.3. The van der Waals surface area contributed by atoms with Crippen LogP contribution in [0, 0.1) is 18.6 Å². The highest BCUT2D eigenvalue weighted by molar-refractivity contribution is 6.38. The molecule has 0 saturated heterocycles. The molecule has 0 bridgehead atoms. The lowest BCUT2D eigenvalue weighted by Crippen LogP contribution is -2.08. The molecular formula is C25H19ClF2N4O2. The van der Waals surface area contributed by atoms with Crippen molar-refractivity contribution >= 4 is 39.6 Å². The van der Waals surface area contributed by atoms with Crippen LogP contribution in [0.3, 0.4) is 0 Å². The number of nitrogens with zero attached hydrogens (tertiary/aromatic N) is 3. The summed E-state index contributed by atoms with van der Waals surface area (Å²) < 4.78 is 31.3. The number of anilines is 1. The van der Waals surface area contributed by atoms with Gasteiger partial charge in [-0.15, -0.1) is 0 Å². The summed E-state index contributed by atoms with van der Waals surface area (Å²) in [6.07, 6.45) is 1.70. The molecule has 0 radical (unpaired) electrons. The minimum atomic E-state index is -0.988. The Balaban J connectivity index is 1.70. The van der Waals surface area contributed by atoms with Gasteiger partial charge in [-0.3, -0.25) is 4.79 Å². The standard InChI is InChI=1S/C25H19ClF2N4O2/c1-12-8-19-24(30-20(11-33)31(19)2)22(26)21(12)14-4-3-7-32-17(14)5-6-18(32)25(34)13-9-15(27)23(29)16(28)10-13/h3-10,33H,11,29H2,1-2H3. The first-order valence-electron chi connectivity index (χ1n) is 10.4. The second-order valence-corrected chi connectivity index (χ2v) is 8.45. The zero-order valence-corrected chi connectivity index (χ0v) is 19.0. The average molecular weight is 481 g/mol. The number of aliphatic hydroxyl groups excluding tert-OH is 1. The van der Waals surface area contributed by atoms with Crippen LogP contribution < -0.4 is 5.73 Å². The van der Waals surface area contributed by atoms with Crippen LogP contribution in [-0.2, 0) is 13.7 Å². The number of carbonyl (C=O) groups is 1. The molecule has 0 saturated carbocycles. The summed E-state index contributed by atoms with van der Waals surface area (Å²) in [7, 11) is 1.81. The van der Waals surface area contributed by atoms with Crippen molar-refractivity contribution in [3.63, 3.8) is 0 Å². The number of pyridine rings is 1. The van der Waals surface area contributed by atoms with Crippen molar-refractivity contribution in [2.75, 3.05) is 5.73 Å². The third-order valence-corrected chi connectivity index (χ3v) is 6.45. The molecule has 3 aromatic heterocycles. The summed E-state index contributed by atoms with van der Waals surface area (Å²) in [4.78, 5) is 17.6. The maximum Gasteiger partial charge on any atom is 0.209 e. The van der Waals surface area contributed by atoms with Crippen molar-refractivity contribution < 1.29 is 18.7 Å². The third-order valence-electron chi connectivity index (χ3n) is 6.08. The van der Waals surface area contributed by atoms with E-state index < -0.39 is 23.1 Å². The minimum Gasteiger partial charge on any atom is -0.394 e. The highest BCUT2D eigenvalue weighted by Gasteiger charge is 2.22. The number of hydrogen-bond donors (Lipinski definition) is 2. The fraction of sp³-hybridized carbons (Fsp3) is 0.120. The molecular weight excluding hydrogens is 462 g/mol. The summed E-state index contributed by atoms with van der Waals surface area (Å²) >= 11 is 6.81. The van der Waals surface area contributed by atoms with Gasteiger partial charge in [0.2, 0.25) is 5.78 Å². The van der Waals surface area contributed by atoms with E-state index in [2.05, 4.69) is 4.98 Å². The number of aromatic nitrogens is 3. The Hall–Kier alpha value is -3.75. The van der Waals surface area contributed by atoms with E-state index in [1.54, 1.807) is 33.4 Å². The van der Waals surface area contributed by atoms with Gasteiger partial charge in [0, 0.05) is 29.9 Å². The maximum absolute atomic E-state index is 14.0. The summed E-state index contributed by atoms with van der Waals surface area (Å²) in [5, 5.41) is 10.0. The molecule has 0 unspecified atom stereocenters. The first-order valence-corrected chi connectivity index (χ1v) is 10.8. The average Bonchev–Trinajstić information content (AvgIpc) is 3.38. The van der Waals surface area contributed by atoms with E-state index in [4.69, 9.17) is 17.3 Å². The van der Waals surface area contributed by atoms with E-state index in [9.17, 15) is 18.7 Å². The second kappa shape index (κ2) is 7.93. The Morgan fingerprint density at radius 1 is 1.15 bits per heavy atom. The third kappa shape index (κ3) is 3.18. The van der Waals surface area contributed by atoms with Gasteiger partial charge in [-0.25, -0.2) is 13.8 Å². The number of imidazole rings is 1. The van der Waals surface area contributed by atoms with E-state index in [0.717, 1.165) is 34.3 Å². The molecule has 0 aliphatic rings. The largest absolute Gasteiger partial charge is 0.394 e. The van der Waals surface area contributed by atoms with Gasteiger partial charge in [0.05, 0.1) is 21.7 Å². The number of fused-ring (bicyclic) bond motifs is 2. The number of aliphatic hydroxyl groups is 1. The summed E-state index contributed by atoms with van der Waals surface area (Å²) in [5.41, 5.74) is 9.22. The molecule has 34 heavy (non-hydrogen) atoms. The van der Waals surface area contributed by atoms with Crippen LogP contribution in [0.4, 0.5) is 14.5 Å². The normalized spacial score (nSPS) is 11.6. The van der Waals surface area contributed by atoms with Crippen LogP contribution in [0.1, 0.15) is 27.4 Å². The predicted molar refractivity (Wildman–Crippen MR) is 127 cm³/mol. The first kappa shape index (κ1) is 22.1. The van der Waals surface area contributed by atoms with E-state index in [-0.39, 0.29) is 17.9 Å². The number of nitrogen functional groups attached to an aromatic ring is 1. The van der Waals surface area contributed by atoms with Crippen molar-refractivity contribution in [1.82, 2.24) is 14.0 Å². The van der Waals surface area contributed by atoms with Crippen molar-refractivity contribution in [3.05, 3.63) is 88.0 Å². The number of halogens is 3. The molecule has 3 N–H and O–H groups in total. The van der Waals surface area contributed by atoms with Crippen LogP contribution in [0.25, 0.3) is 27.7 Å². The fourth-order valence-electron chi connectivity index (χ4n) is 4.33. The number of nitrogens with two attached hydrogens (primary N) is 1. The topological polar surface area (TPSA) is 85.6 Å². The van der Waals surface area contributed by atoms with E-state index in [0.29, 0.717) is 21.9 Å². The first-order chi connectivity index (χ1) is 16.2. The number of rotatable bonds is 4. The van der Waals surface area contributed by atoms with Crippen LogP contribution in [-0.4, -0.2) is 24.8 Å². The lowest BCUT2D eigenvalue weighted by molar-refractivity contribution is 0.103. The Morgan fingerprint density at radius 3 is 2.53 bits per heavy atom. The lowest BCUT2D eigenvalue weighted by atomic mass is 9.99. The van der Waals surface area contributed by atoms with Crippen LogP contribution in [0.2, 0.25) is 5.02 Å². The van der Waals surface area contributed by atoms with Crippen LogP contribution >= 0.6 is 11.6 Å². The van der Waals surface area contributed by atoms with Crippen LogP contribution in [0.15, 0.2) is 48.7 Å². The van der Waals surface area contributed by atoms with Crippen molar-refractivity contribution in [2.24, 2.45) is 7.05 Å². The summed E-state index contributed by atoms with van der Waals surface area (Å²) in [6.45, 7) is 1.70. The molecule has 0 spiro atoms. The van der Waals surface area contributed by atoms with E-state index >= 15 is 0 Å². The molecule has 0 fully saturated rings. The minimum absolute atomic E-state index is 0.143. The molecule has 2 aromatic carbocycles. The Labute approximate surface area is 197 Å². The Bertz CT molecular complexity index is 1610. The summed E-state index contributed by atoms with van der Waals surface area (Å²) in [5.74, 6) is -2.04. The van der Waals surface area contributed by atoms with Crippen LogP contribution in [0.5, 0.6) is 0 Å². The molecule has 172 valence electrons. The van der Waals surface area contributed by atoms with Gasteiger partial charge in [-0.2, -0.15) is 0 Å². The molecule has 0 aliphatic carbocycles. The fourth-order valence-corrected chi connectivity index (χ4v) is 4.72. The van der Waals surface area contributed by atoms with E-state index in [1.807, 2.05) is 26.1 Å². The lowest BCUT2D eigenvalue weighted by Gasteiger charge is -2.13. The van der Waals surface area contributed by atoms with Gasteiger partial charge in [0.15, 0.2) is 0 Å². The number of hydrogen-bond acceptors (Lipinski definition) is 4. The quantitative estimate of drug-likeness (QED) is 0.279. The molecule has 5 aromatic rings. The van der Waals surface area contributed by atoms with Crippen molar-refractivity contribution in [3.8, 4) is 11.1 Å². The highest BCUT2D eigenvalue weighted by atomic mass is 35.5. The Morgan fingerprint density at radius 2 is 1.85 bits per heavy atom. The highest BCUT2D eigenvalue weighted by Crippen LogP contribution is 2.39. The van der Waals surface area contributed by atoms with Crippen molar-refractivity contribution in [2.45, 2.75) is 13.5 Å². The van der Waals surface area contributed by atoms with Gasteiger partial charge in [0.25, 0.3) is 0 Å². The number of ketones is 1. The molecule has 9 heteroatoms. The monoisotopic (exact) mass is 480 g/mol. The maximum atomic E-state index is 14.0. The van der Waals surface area contributed by atoms with Gasteiger partial charge < -0.3 is 19.8 Å². The van der Waals surface area contributed by atoms with Crippen molar-refractivity contribution in [1.29, 1.82) is 0 Å². The predicted octanol–water partition coefficient (Wildman–Crippen LogP) is 5.04. The molecule has 0 atom stereocenters. The van der Waals surface area contributed by atoms with Gasteiger partial charge in [-0.1, -0.05) is 17.7 Å². The molecule has 6 nitrogen and oxygen atoms in total. The number of benzene rings is 2. The second-order valence-electron chi connectivity index (χ2n) is 8.07.